The van der Waals surface area contributed by atoms with Gasteiger partial charge in [0.25, 0.3) is 0 Å². The van der Waals surface area contributed by atoms with E-state index in [2.05, 4.69) is 231 Å². The summed E-state index contributed by atoms with van der Waals surface area (Å²) in [6.45, 7) is 0. The first-order valence-corrected chi connectivity index (χ1v) is 21.0. The van der Waals surface area contributed by atoms with Gasteiger partial charge in [-0.3, -0.25) is 0 Å². The van der Waals surface area contributed by atoms with Crippen molar-refractivity contribution >= 4 is 0 Å². The van der Waals surface area contributed by atoms with Crippen molar-refractivity contribution in [1.29, 1.82) is 0 Å². The number of aromatic nitrogens is 2. The fraction of sp³-hybridized carbons (Fsp3) is 0.0169. The molecule has 284 valence electrons. The zero-order chi connectivity index (χ0) is 40.3. The average Bonchev–Trinajstić information content (AvgIpc) is 3.59. The third-order valence-corrected chi connectivity index (χ3v) is 12.8. The van der Waals surface area contributed by atoms with Crippen LogP contribution in [-0.4, -0.2) is 9.97 Å². The number of hydrogen-bond donors (Lipinski definition) is 0. The Kier molecular flexibility index (Phi) is 8.11. The molecule has 1 heterocycles. The molecule has 1 spiro atoms. The molecule has 0 amide bonds. The molecule has 0 bridgehead atoms. The summed E-state index contributed by atoms with van der Waals surface area (Å²) in [7, 11) is 0. The first-order valence-electron chi connectivity index (χ1n) is 21.0. The topological polar surface area (TPSA) is 25.8 Å². The van der Waals surface area contributed by atoms with E-state index >= 15 is 0 Å². The molecule has 0 N–H and O–H groups in total. The lowest BCUT2D eigenvalue weighted by molar-refractivity contribution is 0.775. The minimum atomic E-state index is -0.595. The van der Waals surface area contributed by atoms with Crippen LogP contribution in [0.4, 0.5) is 0 Å². The maximum atomic E-state index is 5.56. The van der Waals surface area contributed by atoms with E-state index in [9.17, 15) is 0 Å². The highest BCUT2D eigenvalue weighted by molar-refractivity contribution is 6.00. The molecule has 2 heteroatoms. The normalized spacial score (nSPS) is 12.7. The van der Waals surface area contributed by atoms with E-state index in [4.69, 9.17) is 9.97 Å². The molecule has 1 aromatic heterocycles. The summed E-state index contributed by atoms with van der Waals surface area (Å²) in [5, 5.41) is 0. The van der Waals surface area contributed by atoms with E-state index in [1.807, 2.05) is 0 Å². The molecule has 0 atom stereocenters. The summed E-state index contributed by atoms with van der Waals surface area (Å²) < 4.78 is 0. The molecule has 12 rings (SSSR count). The molecular weight excluding hydrogens is 737 g/mol. The Bertz CT molecular complexity index is 3230. The second-order valence-electron chi connectivity index (χ2n) is 16.0. The van der Waals surface area contributed by atoms with E-state index in [1.54, 1.807) is 0 Å². The summed E-state index contributed by atoms with van der Waals surface area (Å²) in [5.41, 5.74) is 21.4. The van der Waals surface area contributed by atoms with Crippen molar-refractivity contribution in [2.45, 2.75) is 5.41 Å². The van der Waals surface area contributed by atoms with Crippen molar-refractivity contribution in [1.82, 2.24) is 9.97 Å². The highest BCUT2D eigenvalue weighted by atomic mass is 14.9. The molecule has 2 aliphatic rings. The van der Waals surface area contributed by atoms with E-state index in [-0.39, 0.29) is 0 Å². The van der Waals surface area contributed by atoms with E-state index < -0.39 is 5.41 Å². The number of rotatable bonds is 5. The van der Waals surface area contributed by atoms with Crippen LogP contribution in [0.3, 0.4) is 0 Å². The minimum absolute atomic E-state index is 0.595. The number of benzene rings is 9. The molecule has 10 aromatic rings. The maximum Gasteiger partial charge on any atom is 0.161 e. The third-order valence-electron chi connectivity index (χ3n) is 12.8. The Balaban J connectivity index is 1.14. The molecule has 9 aromatic carbocycles. The summed E-state index contributed by atoms with van der Waals surface area (Å²) in [5.74, 6) is 0.699. The van der Waals surface area contributed by atoms with E-state index in [1.165, 1.54) is 66.8 Å². The van der Waals surface area contributed by atoms with Gasteiger partial charge >= 0.3 is 0 Å². The molecule has 61 heavy (non-hydrogen) atoms. The van der Waals surface area contributed by atoms with Crippen LogP contribution in [0.1, 0.15) is 22.3 Å². The monoisotopic (exact) mass is 774 g/mol. The van der Waals surface area contributed by atoms with Crippen LogP contribution in [-0.2, 0) is 5.41 Å². The fourth-order valence-electron chi connectivity index (χ4n) is 10.2. The standard InChI is InChI=1S/C59H38N2/c1-3-18-39(19-4-1)40-34-36-42(37-35-40)55-38-56(48-27-10-7-22-43(48)41-20-5-2-6-21-41)61-58(60-55)50-29-17-33-54-57(50)49-28-13-16-32-53(49)59(54)51-30-14-11-25-46(51)44-23-8-9-24-45(44)47-26-12-15-31-52(47)59/h1-38H. The average molecular weight is 775 g/mol. The van der Waals surface area contributed by atoms with Crippen molar-refractivity contribution < 1.29 is 0 Å². The van der Waals surface area contributed by atoms with Gasteiger partial charge in [0, 0.05) is 16.7 Å². The van der Waals surface area contributed by atoms with Crippen molar-refractivity contribution in [2.75, 3.05) is 0 Å². The Morgan fingerprint density at radius 1 is 0.246 bits per heavy atom. The van der Waals surface area contributed by atoms with Crippen LogP contribution in [0.15, 0.2) is 231 Å². The summed E-state index contributed by atoms with van der Waals surface area (Å²) in [4.78, 5) is 11.1. The molecule has 0 saturated heterocycles. The first-order chi connectivity index (χ1) is 30.3. The van der Waals surface area contributed by atoms with E-state index in [0.29, 0.717) is 5.82 Å². The lowest BCUT2D eigenvalue weighted by Gasteiger charge is -2.35. The molecule has 2 nitrogen and oxygen atoms in total. The van der Waals surface area contributed by atoms with Gasteiger partial charge in [-0.05, 0) is 84.0 Å². The summed E-state index contributed by atoms with van der Waals surface area (Å²) in [6, 6.07) is 83.4. The van der Waals surface area contributed by atoms with Crippen LogP contribution >= 0.6 is 0 Å². The number of fused-ring (bicyclic) bond motifs is 12. The fourth-order valence-corrected chi connectivity index (χ4v) is 10.2. The Hall–Kier alpha value is -7.94. The minimum Gasteiger partial charge on any atom is -0.228 e. The van der Waals surface area contributed by atoms with Crippen LogP contribution in [0, 0.1) is 0 Å². The molecular formula is C59H38N2. The summed E-state index contributed by atoms with van der Waals surface area (Å²) in [6.07, 6.45) is 0. The smallest absolute Gasteiger partial charge is 0.161 e. The van der Waals surface area contributed by atoms with Gasteiger partial charge in [-0.1, -0.05) is 224 Å². The molecule has 0 aliphatic heterocycles. The Morgan fingerprint density at radius 3 is 1.28 bits per heavy atom. The molecule has 0 saturated carbocycles. The lowest BCUT2D eigenvalue weighted by Crippen LogP contribution is -2.29. The van der Waals surface area contributed by atoms with Crippen molar-refractivity contribution in [3.63, 3.8) is 0 Å². The zero-order valence-electron chi connectivity index (χ0n) is 33.3. The highest BCUT2D eigenvalue weighted by Crippen LogP contribution is 2.62. The number of hydrogen-bond acceptors (Lipinski definition) is 2. The van der Waals surface area contributed by atoms with Gasteiger partial charge in [-0.25, -0.2) is 9.97 Å². The van der Waals surface area contributed by atoms with Crippen molar-refractivity contribution in [3.8, 4) is 89.5 Å². The predicted octanol–water partition coefficient (Wildman–Crippen LogP) is 14.8. The zero-order valence-corrected chi connectivity index (χ0v) is 33.3. The largest absolute Gasteiger partial charge is 0.228 e. The van der Waals surface area contributed by atoms with Gasteiger partial charge in [-0.15, -0.1) is 0 Å². The molecule has 2 aliphatic carbocycles. The Morgan fingerprint density at radius 2 is 0.656 bits per heavy atom. The lowest BCUT2D eigenvalue weighted by atomic mass is 9.66. The van der Waals surface area contributed by atoms with Crippen LogP contribution < -0.4 is 0 Å². The molecule has 0 unspecified atom stereocenters. The first kappa shape index (κ1) is 35.0. The maximum absolute atomic E-state index is 5.56. The molecule has 0 radical (unpaired) electrons. The van der Waals surface area contributed by atoms with Gasteiger partial charge in [0.1, 0.15) is 0 Å². The van der Waals surface area contributed by atoms with E-state index in [0.717, 1.165) is 39.2 Å². The quantitative estimate of drug-likeness (QED) is 0.174. The second-order valence-corrected chi connectivity index (χ2v) is 16.0. The second kappa shape index (κ2) is 14.1. The number of nitrogens with zero attached hydrogens (tertiary/aromatic N) is 2. The van der Waals surface area contributed by atoms with Gasteiger partial charge in [0.15, 0.2) is 5.82 Å². The molecule has 0 fully saturated rings. The summed E-state index contributed by atoms with van der Waals surface area (Å²) >= 11 is 0. The Labute approximate surface area is 356 Å². The van der Waals surface area contributed by atoms with Gasteiger partial charge in [0.05, 0.1) is 16.8 Å². The van der Waals surface area contributed by atoms with Crippen LogP contribution in [0.2, 0.25) is 0 Å². The third kappa shape index (κ3) is 5.43. The van der Waals surface area contributed by atoms with Crippen LogP contribution in [0.25, 0.3) is 89.5 Å². The predicted molar refractivity (Wildman–Crippen MR) is 251 cm³/mol. The van der Waals surface area contributed by atoms with Crippen molar-refractivity contribution in [3.05, 3.63) is 253 Å². The van der Waals surface area contributed by atoms with Crippen LogP contribution in [0.5, 0.6) is 0 Å². The highest BCUT2D eigenvalue weighted by Gasteiger charge is 2.50. The van der Waals surface area contributed by atoms with Gasteiger partial charge in [0.2, 0.25) is 0 Å². The SMILES string of the molecule is c1ccc(-c2ccc(-c3cc(-c4ccccc4-c4ccccc4)nc(-c4cccc5c4-c4ccccc4C54c5ccccc5-c5ccccc5-c5ccccc54)n3)cc2)cc1. The van der Waals surface area contributed by atoms with Gasteiger partial charge < -0.3 is 0 Å². The van der Waals surface area contributed by atoms with Gasteiger partial charge in [-0.2, -0.15) is 0 Å². The van der Waals surface area contributed by atoms with Crippen molar-refractivity contribution in [2.24, 2.45) is 0 Å².